The Hall–Kier alpha value is -2.44. The zero-order valence-corrected chi connectivity index (χ0v) is 10.1. The van der Waals surface area contributed by atoms with Crippen LogP contribution < -0.4 is 11.1 Å². The summed E-state index contributed by atoms with van der Waals surface area (Å²) in [5, 5.41) is 2.38. The molecule has 1 unspecified atom stereocenters. The minimum Gasteiger partial charge on any atom is -0.398 e. The lowest BCUT2D eigenvalue weighted by Gasteiger charge is -2.12. The summed E-state index contributed by atoms with van der Waals surface area (Å²) in [6.07, 6.45) is -0.101. The van der Waals surface area contributed by atoms with Crippen LogP contribution in [0, 0.1) is 5.82 Å². The van der Waals surface area contributed by atoms with Gasteiger partial charge in [-0.25, -0.2) is 4.39 Å². The van der Waals surface area contributed by atoms with Gasteiger partial charge in [-0.3, -0.25) is 19.3 Å². The number of carbonyl (C=O) groups is 3. The van der Waals surface area contributed by atoms with E-state index in [4.69, 9.17) is 5.73 Å². The van der Waals surface area contributed by atoms with E-state index in [-0.39, 0.29) is 23.6 Å². The van der Waals surface area contributed by atoms with Crippen LogP contribution in [0.3, 0.4) is 0 Å². The van der Waals surface area contributed by atoms with E-state index in [1.54, 1.807) is 0 Å². The van der Waals surface area contributed by atoms with Crippen LogP contribution in [-0.4, -0.2) is 35.7 Å². The first-order valence-electron chi connectivity index (χ1n) is 5.56. The maximum absolute atomic E-state index is 13.1. The molecule has 1 heterocycles. The monoisotopic (exact) mass is 265 g/mol. The number of halogens is 1. The number of nitrogen functional groups attached to an aromatic ring is 1. The van der Waals surface area contributed by atoms with Crippen molar-refractivity contribution in [3.63, 3.8) is 0 Å². The number of amides is 3. The SMILES string of the molecule is CN1C(=O)CC(NC(=O)c2cc(F)ccc2N)C1=O. The van der Waals surface area contributed by atoms with Gasteiger partial charge in [0.2, 0.25) is 5.91 Å². The minimum absolute atomic E-state index is 0.0604. The maximum Gasteiger partial charge on any atom is 0.254 e. The normalized spacial score (nSPS) is 18.8. The van der Waals surface area contributed by atoms with Gasteiger partial charge in [-0.2, -0.15) is 0 Å². The predicted molar refractivity (Wildman–Crippen MR) is 64.5 cm³/mol. The smallest absolute Gasteiger partial charge is 0.254 e. The topological polar surface area (TPSA) is 92.5 Å². The van der Waals surface area contributed by atoms with E-state index >= 15 is 0 Å². The first-order valence-corrected chi connectivity index (χ1v) is 5.56. The van der Waals surface area contributed by atoms with Crippen LogP contribution in [0.2, 0.25) is 0 Å². The number of nitrogens with one attached hydrogen (secondary N) is 1. The Kier molecular flexibility index (Phi) is 3.20. The molecule has 0 aliphatic carbocycles. The third-order valence-electron chi connectivity index (χ3n) is 2.95. The zero-order valence-electron chi connectivity index (χ0n) is 10.1. The van der Waals surface area contributed by atoms with Crippen LogP contribution in [0.4, 0.5) is 10.1 Å². The molecular formula is C12H12FN3O3. The van der Waals surface area contributed by atoms with E-state index in [0.717, 1.165) is 17.0 Å². The van der Waals surface area contributed by atoms with Gasteiger partial charge in [-0.15, -0.1) is 0 Å². The van der Waals surface area contributed by atoms with Gasteiger partial charge in [-0.05, 0) is 18.2 Å². The molecule has 1 aromatic carbocycles. The van der Waals surface area contributed by atoms with Crippen molar-refractivity contribution in [1.82, 2.24) is 10.2 Å². The van der Waals surface area contributed by atoms with Crippen molar-refractivity contribution in [2.75, 3.05) is 12.8 Å². The highest BCUT2D eigenvalue weighted by Gasteiger charge is 2.37. The summed E-state index contributed by atoms with van der Waals surface area (Å²) in [7, 11) is 1.34. The molecule has 0 aromatic heterocycles. The van der Waals surface area contributed by atoms with Gasteiger partial charge in [0, 0.05) is 12.7 Å². The molecule has 1 aliphatic rings. The van der Waals surface area contributed by atoms with Crippen LogP contribution in [-0.2, 0) is 9.59 Å². The number of rotatable bonds is 2. The average molecular weight is 265 g/mol. The Balaban J connectivity index is 2.16. The molecule has 19 heavy (non-hydrogen) atoms. The van der Waals surface area contributed by atoms with E-state index < -0.39 is 23.7 Å². The van der Waals surface area contributed by atoms with Gasteiger partial charge in [0.1, 0.15) is 11.9 Å². The molecule has 1 aliphatic heterocycles. The van der Waals surface area contributed by atoms with Gasteiger partial charge in [0.05, 0.1) is 12.0 Å². The van der Waals surface area contributed by atoms with Crippen molar-refractivity contribution in [3.05, 3.63) is 29.6 Å². The van der Waals surface area contributed by atoms with Crippen LogP contribution in [0.1, 0.15) is 16.8 Å². The Labute approximate surface area is 108 Å². The second kappa shape index (κ2) is 4.68. The summed E-state index contributed by atoms with van der Waals surface area (Å²) in [5.41, 5.74) is 5.60. The van der Waals surface area contributed by atoms with Crippen LogP contribution in [0.15, 0.2) is 18.2 Å². The Morgan fingerprint density at radius 1 is 1.47 bits per heavy atom. The van der Waals surface area contributed by atoms with Crippen LogP contribution >= 0.6 is 0 Å². The number of carbonyl (C=O) groups excluding carboxylic acids is 3. The number of likely N-dealkylation sites (tertiary alicyclic amines) is 1. The predicted octanol–water partition coefficient (Wildman–Crippen LogP) is -0.105. The molecule has 3 amide bonds. The average Bonchev–Trinajstić information content (AvgIpc) is 2.60. The molecule has 3 N–H and O–H groups in total. The van der Waals surface area contributed by atoms with Crippen molar-refractivity contribution < 1.29 is 18.8 Å². The summed E-state index contributed by atoms with van der Waals surface area (Å²) in [6, 6.07) is 2.45. The number of benzene rings is 1. The molecule has 1 fully saturated rings. The van der Waals surface area contributed by atoms with Crippen molar-refractivity contribution >= 4 is 23.4 Å². The van der Waals surface area contributed by atoms with Crippen molar-refractivity contribution in [1.29, 1.82) is 0 Å². The number of hydrogen-bond acceptors (Lipinski definition) is 4. The minimum atomic E-state index is -0.923. The lowest BCUT2D eigenvalue weighted by atomic mass is 10.1. The Morgan fingerprint density at radius 2 is 2.16 bits per heavy atom. The number of hydrogen-bond donors (Lipinski definition) is 2. The number of imide groups is 1. The maximum atomic E-state index is 13.1. The number of likely N-dealkylation sites (N-methyl/N-ethyl adjacent to an activating group) is 1. The fourth-order valence-corrected chi connectivity index (χ4v) is 1.83. The third-order valence-corrected chi connectivity index (χ3v) is 2.95. The molecule has 6 nitrogen and oxygen atoms in total. The highest BCUT2D eigenvalue weighted by atomic mass is 19.1. The molecule has 0 saturated carbocycles. The highest BCUT2D eigenvalue weighted by Crippen LogP contribution is 2.15. The largest absolute Gasteiger partial charge is 0.398 e. The lowest BCUT2D eigenvalue weighted by molar-refractivity contribution is -0.137. The van der Waals surface area contributed by atoms with Gasteiger partial charge in [0.15, 0.2) is 0 Å². The summed E-state index contributed by atoms with van der Waals surface area (Å²) in [5.74, 6) is -2.15. The van der Waals surface area contributed by atoms with E-state index in [0.29, 0.717) is 0 Å². The van der Waals surface area contributed by atoms with E-state index in [9.17, 15) is 18.8 Å². The molecule has 1 saturated heterocycles. The molecule has 1 aromatic rings. The van der Waals surface area contributed by atoms with Crippen molar-refractivity contribution in [2.45, 2.75) is 12.5 Å². The second-order valence-corrected chi connectivity index (χ2v) is 4.25. The summed E-state index contributed by atoms with van der Waals surface area (Å²) < 4.78 is 13.1. The van der Waals surface area contributed by atoms with Gasteiger partial charge >= 0.3 is 0 Å². The quantitative estimate of drug-likeness (QED) is 0.576. The second-order valence-electron chi connectivity index (χ2n) is 4.25. The molecule has 100 valence electrons. The van der Waals surface area contributed by atoms with Crippen LogP contribution in [0.5, 0.6) is 0 Å². The third kappa shape index (κ3) is 2.40. The highest BCUT2D eigenvalue weighted by molar-refractivity contribution is 6.08. The summed E-state index contributed by atoms with van der Waals surface area (Å²) >= 11 is 0. The molecule has 0 radical (unpaired) electrons. The number of nitrogens with zero attached hydrogens (tertiary/aromatic N) is 1. The van der Waals surface area contributed by atoms with Gasteiger partial charge in [0.25, 0.3) is 11.8 Å². The standard InChI is InChI=1S/C12H12FN3O3/c1-16-10(17)5-9(12(16)19)15-11(18)7-4-6(13)2-3-8(7)14/h2-4,9H,5,14H2,1H3,(H,15,18). The molecule has 0 spiro atoms. The van der Waals surface area contributed by atoms with Crippen LogP contribution in [0.25, 0.3) is 0 Å². The van der Waals surface area contributed by atoms with Crippen molar-refractivity contribution in [2.24, 2.45) is 0 Å². The van der Waals surface area contributed by atoms with Gasteiger partial charge < -0.3 is 11.1 Å². The molecule has 1 atom stereocenters. The number of nitrogens with two attached hydrogens (primary N) is 1. The Morgan fingerprint density at radius 3 is 2.74 bits per heavy atom. The lowest BCUT2D eigenvalue weighted by Crippen LogP contribution is -2.40. The molecular weight excluding hydrogens is 253 g/mol. The first kappa shape index (κ1) is 13.0. The van der Waals surface area contributed by atoms with Gasteiger partial charge in [-0.1, -0.05) is 0 Å². The molecule has 0 bridgehead atoms. The molecule has 7 heteroatoms. The van der Waals surface area contributed by atoms with Crippen molar-refractivity contribution in [3.8, 4) is 0 Å². The Bertz CT molecular complexity index is 573. The van der Waals surface area contributed by atoms with E-state index in [2.05, 4.69) is 5.32 Å². The fraction of sp³-hybridized carbons (Fsp3) is 0.250. The molecule has 2 rings (SSSR count). The summed E-state index contributed by atoms with van der Waals surface area (Å²) in [6.45, 7) is 0. The first-order chi connectivity index (χ1) is 8.90. The summed E-state index contributed by atoms with van der Waals surface area (Å²) in [4.78, 5) is 35.8. The number of anilines is 1. The van der Waals surface area contributed by atoms with E-state index in [1.807, 2.05) is 0 Å². The zero-order chi connectivity index (χ0) is 14.2. The van der Waals surface area contributed by atoms with E-state index in [1.165, 1.54) is 13.1 Å². The fourth-order valence-electron chi connectivity index (χ4n) is 1.83.